The van der Waals surface area contributed by atoms with Crippen molar-refractivity contribution < 1.29 is 13.9 Å². The van der Waals surface area contributed by atoms with Crippen LogP contribution in [-0.4, -0.2) is 33.6 Å². The minimum absolute atomic E-state index is 0.0119. The lowest BCUT2D eigenvalue weighted by Crippen LogP contribution is -2.41. The lowest BCUT2D eigenvalue weighted by Gasteiger charge is -2.34. The van der Waals surface area contributed by atoms with E-state index >= 15 is 0 Å². The molecule has 3 aromatic rings. The highest BCUT2D eigenvalue weighted by molar-refractivity contribution is 5.71. The molecule has 0 bridgehead atoms. The first-order valence-electron chi connectivity index (χ1n) is 9.46. The minimum Gasteiger partial charge on any atom is -0.447 e. The number of aromatic nitrogens is 2. The number of rotatable bonds is 3. The summed E-state index contributed by atoms with van der Waals surface area (Å²) in [7, 11) is 0. The predicted molar refractivity (Wildman–Crippen MR) is 106 cm³/mol. The number of halogens is 1. The van der Waals surface area contributed by atoms with Crippen LogP contribution < -0.4 is 0 Å². The number of fused-ring (bicyclic) bond motifs is 2. The zero-order valence-corrected chi connectivity index (χ0v) is 15.5. The van der Waals surface area contributed by atoms with Gasteiger partial charge in [-0.25, -0.2) is 19.2 Å². The van der Waals surface area contributed by atoms with Gasteiger partial charge in [-0.1, -0.05) is 42.5 Å². The largest absolute Gasteiger partial charge is 0.447 e. The van der Waals surface area contributed by atoms with Gasteiger partial charge in [0.25, 0.3) is 0 Å². The topological polar surface area (TPSA) is 55.3 Å². The van der Waals surface area contributed by atoms with Gasteiger partial charge in [0.05, 0.1) is 6.04 Å². The van der Waals surface area contributed by atoms with Crippen molar-refractivity contribution in [3.05, 3.63) is 89.8 Å². The van der Waals surface area contributed by atoms with Crippen LogP contribution in [0.25, 0.3) is 17.2 Å². The first-order chi connectivity index (χ1) is 14.2. The van der Waals surface area contributed by atoms with Crippen LogP contribution >= 0.6 is 0 Å². The maximum Gasteiger partial charge on any atom is 0.410 e. The molecule has 5 rings (SSSR count). The maximum atomic E-state index is 13.4. The van der Waals surface area contributed by atoms with E-state index in [1.807, 2.05) is 36.4 Å². The van der Waals surface area contributed by atoms with E-state index in [9.17, 15) is 9.18 Å². The summed E-state index contributed by atoms with van der Waals surface area (Å²) in [6.45, 7) is 0.949. The van der Waals surface area contributed by atoms with Crippen molar-refractivity contribution in [2.45, 2.75) is 18.5 Å². The van der Waals surface area contributed by atoms with Gasteiger partial charge >= 0.3 is 6.09 Å². The second-order valence-electron chi connectivity index (χ2n) is 7.20. The van der Waals surface area contributed by atoms with E-state index in [-0.39, 0.29) is 23.9 Å². The van der Waals surface area contributed by atoms with Crippen LogP contribution in [0.15, 0.2) is 67.0 Å². The van der Waals surface area contributed by atoms with Crippen molar-refractivity contribution in [2.75, 3.05) is 6.61 Å². The number of hydrogen-bond acceptors (Lipinski definition) is 4. The molecule has 1 saturated heterocycles. The highest BCUT2D eigenvalue weighted by Gasteiger charge is 2.42. The molecule has 1 amide bonds. The molecule has 2 aromatic carbocycles. The Kier molecular flexibility index (Phi) is 4.31. The SMILES string of the molecule is O=C1OC[C@@H]2C(/C=C/c3ncc(-c4cccc(F)c4)cn3)c3ccccc3CN12. The first kappa shape index (κ1) is 17.6. The summed E-state index contributed by atoms with van der Waals surface area (Å²) in [5, 5.41) is 0. The summed E-state index contributed by atoms with van der Waals surface area (Å²) in [5.74, 6) is 0.281. The van der Waals surface area contributed by atoms with E-state index in [4.69, 9.17) is 4.74 Å². The molecule has 144 valence electrons. The lowest BCUT2D eigenvalue weighted by atomic mass is 9.84. The van der Waals surface area contributed by atoms with Crippen LogP contribution in [0.4, 0.5) is 9.18 Å². The molecular weight excluding hydrogens is 369 g/mol. The zero-order chi connectivity index (χ0) is 19.8. The summed E-state index contributed by atoms with van der Waals surface area (Å²) in [6.07, 6.45) is 7.01. The zero-order valence-electron chi connectivity index (χ0n) is 15.5. The molecule has 1 fully saturated rings. The normalized spacial score (nSPS) is 20.4. The van der Waals surface area contributed by atoms with E-state index < -0.39 is 0 Å². The summed E-state index contributed by atoms with van der Waals surface area (Å²) < 4.78 is 18.7. The van der Waals surface area contributed by atoms with Crippen LogP contribution in [0.3, 0.4) is 0 Å². The molecule has 0 aliphatic carbocycles. The Labute approximate surface area is 167 Å². The molecule has 2 aliphatic rings. The van der Waals surface area contributed by atoms with Crippen LogP contribution in [0.5, 0.6) is 0 Å². The van der Waals surface area contributed by atoms with Crippen LogP contribution in [-0.2, 0) is 11.3 Å². The van der Waals surface area contributed by atoms with E-state index in [0.717, 1.165) is 16.7 Å². The molecule has 1 aromatic heterocycles. The van der Waals surface area contributed by atoms with Gasteiger partial charge in [0.2, 0.25) is 0 Å². The van der Waals surface area contributed by atoms with Gasteiger partial charge in [0.1, 0.15) is 12.4 Å². The van der Waals surface area contributed by atoms with E-state index in [1.54, 1.807) is 23.4 Å². The summed E-state index contributed by atoms with van der Waals surface area (Å²) >= 11 is 0. The number of carbonyl (C=O) groups excluding carboxylic acids is 1. The second kappa shape index (κ2) is 7.13. The molecule has 0 N–H and O–H groups in total. The van der Waals surface area contributed by atoms with Gasteiger partial charge in [-0.05, 0) is 34.9 Å². The molecule has 29 heavy (non-hydrogen) atoms. The minimum atomic E-state index is -0.291. The molecular formula is C23H18FN3O2. The average Bonchev–Trinajstić information content (AvgIpc) is 3.12. The molecule has 5 nitrogen and oxygen atoms in total. The van der Waals surface area contributed by atoms with Gasteiger partial charge in [-0.2, -0.15) is 0 Å². The smallest absolute Gasteiger partial charge is 0.410 e. The number of cyclic esters (lactones) is 1. The van der Waals surface area contributed by atoms with Crippen LogP contribution in [0, 0.1) is 5.82 Å². The Bertz CT molecular complexity index is 1100. The highest BCUT2D eigenvalue weighted by atomic mass is 19.1. The molecule has 2 aliphatic heterocycles. The number of nitrogens with zero attached hydrogens (tertiary/aromatic N) is 3. The average molecular weight is 387 g/mol. The van der Waals surface area contributed by atoms with Crippen molar-refractivity contribution in [2.24, 2.45) is 0 Å². The van der Waals surface area contributed by atoms with Crippen molar-refractivity contribution in [1.82, 2.24) is 14.9 Å². The van der Waals surface area contributed by atoms with Crippen molar-refractivity contribution in [1.29, 1.82) is 0 Å². The van der Waals surface area contributed by atoms with Gasteiger partial charge in [0, 0.05) is 30.4 Å². The maximum absolute atomic E-state index is 13.4. The van der Waals surface area contributed by atoms with Crippen molar-refractivity contribution in [3.63, 3.8) is 0 Å². The monoisotopic (exact) mass is 387 g/mol. The fourth-order valence-electron chi connectivity index (χ4n) is 4.00. The molecule has 3 heterocycles. The van der Waals surface area contributed by atoms with Gasteiger partial charge < -0.3 is 4.74 Å². The third-order valence-corrected chi connectivity index (χ3v) is 5.46. The lowest BCUT2D eigenvalue weighted by molar-refractivity contribution is 0.154. The van der Waals surface area contributed by atoms with Crippen LogP contribution in [0.2, 0.25) is 0 Å². The van der Waals surface area contributed by atoms with Gasteiger partial charge in [-0.3, -0.25) is 4.90 Å². The number of hydrogen-bond donors (Lipinski definition) is 0. The third kappa shape index (κ3) is 3.27. The summed E-state index contributed by atoms with van der Waals surface area (Å²) in [6, 6.07) is 14.5. The standard InChI is InChI=1S/C23H18FN3O2/c24-18-6-3-5-15(10-18)17-11-25-22(26-12-17)9-8-20-19-7-2-1-4-16(19)13-27-21(20)14-29-23(27)28/h1-12,20-21H,13-14H2/b9-8+/t20?,21-/m1/s1. The first-order valence-corrected chi connectivity index (χ1v) is 9.46. The van der Waals surface area contributed by atoms with Gasteiger partial charge in [-0.15, -0.1) is 0 Å². The molecule has 6 heteroatoms. The fourth-order valence-corrected chi connectivity index (χ4v) is 4.00. The Morgan fingerprint density at radius 1 is 1.07 bits per heavy atom. The second-order valence-corrected chi connectivity index (χ2v) is 7.20. The van der Waals surface area contributed by atoms with Crippen LogP contribution in [0.1, 0.15) is 22.9 Å². The van der Waals surface area contributed by atoms with E-state index in [0.29, 0.717) is 19.0 Å². The van der Waals surface area contributed by atoms with E-state index in [1.165, 1.54) is 17.7 Å². The van der Waals surface area contributed by atoms with Gasteiger partial charge in [0.15, 0.2) is 5.82 Å². The Hall–Kier alpha value is -3.54. The summed E-state index contributed by atoms with van der Waals surface area (Å²) in [5.41, 5.74) is 3.81. The number of amides is 1. The molecule has 2 atom stereocenters. The highest BCUT2D eigenvalue weighted by Crippen LogP contribution is 2.37. The Morgan fingerprint density at radius 3 is 2.72 bits per heavy atom. The molecule has 0 radical (unpaired) electrons. The fraction of sp³-hybridized carbons (Fsp3) is 0.174. The third-order valence-electron chi connectivity index (χ3n) is 5.46. The molecule has 1 unspecified atom stereocenters. The quantitative estimate of drug-likeness (QED) is 0.668. The van der Waals surface area contributed by atoms with Crippen molar-refractivity contribution in [3.8, 4) is 11.1 Å². The molecule has 0 saturated carbocycles. The number of benzene rings is 2. The number of carbonyl (C=O) groups is 1. The summed E-state index contributed by atoms with van der Waals surface area (Å²) in [4.78, 5) is 22.6. The predicted octanol–water partition coefficient (Wildman–Crippen LogP) is 4.41. The van der Waals surface area contributed by atoms with Crippen molar-refractivity contribution >= 4 is 12.2 Å². The number of ether oxygens (including phenoxy) is 1. The Balaban J connectivity index is 1.42. The van der Waals surface area contributed by atoms with E-state index in [2.05, 4.69) is 16.0 Å². The molecule has 0 spiro atoms. The Morgan fingerprint density at radius 2 is 1.90 bits per heavy atom.